The van der Waals surface area contributed by atoms with Crippen LogP contribution in [0.15, 0.2) is 12.2 Å². The fraction of sp³-hybridized carbons (Fsp3) is 0.444. The van der Waals surface area contributed by atoms with Gasteiger partial charge in [0.2, 0.25) is 0 Å². The average Bonchev–Trinajstić information content (AvgIpc) is 1.91. The van der Waals surface area contributed by atoms with Gasteiger partial charge in [-0.1, -0.05) is 18.1 Å². The lowest BCUT2D eigenvalue weighted by Crippen LogP contribution is -1.96. The first-order valence-electron chi connectivity index (χ1n) is 3.38. The van der Waals surface area contributed by atoms with Crippen molar-refractivity contribution in [3.63, 3.8) is 0 Å². The van der Waals surface area contributed by atoms with E-state index in [1.54, 1.807) is 0 Å². The van der Waals surface area contributed by atoms with Gasteiger partial charge >= 0.3 is 0 Å². The van der Waals surface area contributed by atoms with Crippen LogP contribution in [-0.2, 0) is 0 Å². The molecule has 0 aromatic rings. The second-order valence-electron chi connectivity index (χ2n) is 2.29. The Hall–Kier alpha value is -0.700. The zero-order valence-corrected chi connectivity index (χ0v) is 5.56. The van der Waals surface area contributed by atoms with Crippen LogP contribution in [0.4, 0.5) is 0 Å². The van der Waals surface area contributed by atoms with E-state index in [1.165, 1.54) is 19.3 Å². The predicted octanol–water partition coefficient (Wildman–Crippen LogP) is 2.18. The highest BCUT2D eigenvalue weighted by molar-refractivity contribution is 5.13. The van der Waals surface area contributed by atoms with Crippen molar-refractivity contribution in [1.29, 1.82) is 0 Å². The first-order chi connectivity index (χ1) is 4.43. The summed E-state index contributed by atoms with van der Waals surface area (Å²) in [5, 5.41) is 0. The summed E-state index contributed by atoms with van der Waals surface area (Å²) in [4.78, 5) is 0. The molecule has 0 heterocycles. The Balaban J connectivity index is 2.46. The number of hydrogen-bond donors (Lipinski definition) is 0. The van der Waals surface area contributed by atoms with Crippen molar-refractivity contribution < 1.29 is 0 Å². The van der Waals surface area contributed by atoms with Crippen molar-refractivity contribution in [1.82, 2.24) is 0 Å². The highest BCUT2D eigenvalue weighted by Gasteiger charge is 2.02. The standard InChI is InChI=1S/C9H11/c1-2-6-9-7-4-3-5-8-9/h4,7,9H,1,3,5,8H2. The van der Waals surface area contributed by atoms with E-state index in [2.05, 4.69) is 30.9 Å². The van der Waals surface area contributed by atoms with Crippen LogP contribution in [-0.4, -0.2) is 0 Å². The average molecular weight is 119 g/mol. The molecule has 1 rings (SSSR count). The van der Waals surface area contributed by atoms with Gasteiger partial charge in [0.1, 0.15) is 0 Å². The molecule has 0 aromatic heterocycles. The third-order valence-corrected chi connectivity index (χ3v) is 1.54. The van der Waals surface area contributed by atoms with Crippen LogP contribution >= 0.6 is 0 Å². The lowest BCUT2D eigenvalue weighted by molar-refractivity contribution is 0.645. The van der Waals surface area contributed by atoms with E-state index in [1.807, 2.05) is 0 Å². The molecule has 0 aliphatic heterocycles. The number of rotatable bonds is 0. The van der Waals surface area contributed by atoms with Gasteiger partial charge in [0.15, 0.2) is 0 Å². The van der Waals surface area contributed by atoms with Crippen LogP contribution in [0, 0.1) is 24.7 Å². The molecule has 0 amide bonds. The van der Waals surface area contributed by atoms with Crippen LogP contribution in [0.3, 0.4) is 0 Å². The maximum atomic E-state index is 3.48. The Labute approximate surface area is 57.0 Å². The summed E-state index contributed by atoms with van der Waals surface area (Å²) < 4.78 is 0. The Morgan fingerprint density at radius 2 is 2.44 bits per heavy atom. The number of allylic oxidation sites excluding steroid dienone is 2. The fourth-order valence-corrected chi connectivity index (χ4v) is 1.06. The molecule has 0 aromatic carbocycles. The molecule has 1 aliphatic rings. The van der Waals surface area contributed by atoms with Crippen molar-refractivity contribution in [2.24, 2.45) is 5.92 Å². The third-order valence-electron chi connectivity index (χ3n) is 1.54. The largest absolute Gasteiger partial charge is 0.102 e. The molecule has 1 atom stereocenters. The van der Waals surface area contributed by atoms with E-state index in [0.717, 1.165) is 0 Å². The summed E-state index contributed by atoms with van der Waals surface area (Å²) in [6.07, 6.45) is 8.13. The minimum absolute atomic E-state index is 0.497. The lowest BCUT2D eigenvalue weighted by Gasteiger charge is -2.08. The van der Waals surface area contributed by atoms with Crippen LogP contribution in [0.2, 0.25) is 0 Å². The molecule has 0 saturated carbocycles. The van der Waals surface area contributed by atoms with E-state index in [9.17, 15) is 0 Å². The van der Waals surface area contributed by atoms with Gasteiger partial charge in [-0.05, 0) is 19.3 Å². The van der Waals surface area contributed by atoms with Gasteiger partial charge in [-0.2, -0.15) is 0 Å². The molecular formula is C9H11. The minimum atomic E-state index is 0.497. The van der Waals surface area contributed by atoms with Crippen molar-refractivity contribution in [3.05, 3.63) is 19.1 Å². The highest BCUT2D eigenvalue weighted by atomic mass is 14.1. The van der Waals surface area contributed by atoms with Gasteiger partial charge in [-0.15, -0.1) is 5.92 Å². The summed E-state index contributed by atoms with van der Waals surface area (Å²) in [5.74, 6) is 6.22. The quantitative estimate of drug-likeness (QED) is 0.338. The van der Waals surface area contributed by atoms with Crippen molar-refractivity contribution in [3.8, 4) is 11.8 Å². The Morgan fingerprint density at radius 3 is 3.00 bits per heavy atom. The van der Waals surface area contributed by atoms with Crippen LogP contribution in [0.25, 0.3) is 0 Å². The van der Waals surface area contributed by atoms with E-state index >= 15 is 0 Å². The van der Waals surface area contributed by atoms with Gasteiger partial charge in [0.25, 0.3) is 0 Å². The first kappa shape index (κ1) is 6.42. The van der Waals surface area contributed by atoms with Crippen LogP contribution < -0.4 is 0 Å². The number of hydrogen-bond acceptors (Lipinski definition) is 0. The molecule has 0 fully saturated rings. The Kier molecular flexibility index (Phi) is 2.39. The molecule has 0 spiro atoms. The molecule has 47 valence electrons. The van der Waals surface area contributed by atoms with Crippen molar-refractivity contribution in [2.75, 3.05) is 0 Å². The molecule has 0 heteroatoms. The summed E-state index contributed by atoms with van der Waals surface area (Å²) in [6, 6.07) is 0. The fourth-order valence-electron chi connectivity index (χ4n) is 1.06. The zero-order valence-electron chi connectivity index (χ0n) is 5.56. The van der Waals surface area contributed by atoms with E-state index in [-0.39, 0.29) is 0 Å². The molecule has 0 N–H and O–H groups in total. The molecular weight excluding hydrogens is 108 g/mol. The maximum absolute atomic E-state index is 3.48. The van der Waals surface area contributed by atoms with Gasteiger partial charge in [0.05, 0.1) is 0 Å². The van der Waals surface area contributed by atoms with E-state index in [0.29, 0.717) is 5.92 Å². The highest BCUT2D eigenvalue weighted by Crippen LogP contribution is 2.15. The molecule has 1 unspecified atom stereocenters. The van der Waals surface area contributed by atoms with Gasteiger partial charge in [-0.25, -0.2) is 0 Å². The smallest absolute Gasteiger partial charge is 0.0382 e. The SMILES string of the molecule is [CH2]C#CC1C=CCCC1. The Morgan fingerprint density at radius 1 is 1.56 bits per heavy atom. The molecule has 9 heavy (non-hydrogen) atoms. The van der Waals surface area contributed by atoms with Crippen molar-refractivity contribution in [2.45, 2.75) is 19.3 Å². The predicted molar refractivity (Wildman–Crippen MR) is 39.6 cm³/mol. The van der Waals surface area contributed by atoms with Gasteiger partial charge < -0.3 is 0 Å². The molecule has 1 aliphatic carbocycles. The molecule has 0 saturated heterocycles. The summed E-state index contributed by atoms with van der Waals surface area (Å²) in [5.41, 5.74) is 0. The van der Waals surface area contributed by atoms with Gasteiger partial charge in [0, 0.05) is 12.8 Å². The minimum Gasteiger partial charge on any atom is -0.102 e. The van der Waals surface area contributed by atoms with Gasteiger partial charge in [-0.3, -0.25) is 0 Å². The first-order valence-corrected chi connectivity index (χ1v) is 3.38. The monoisotopic (exact) mass is 119 g/mol. The van der Waals surface area contributed by atoms with Crippen molar-refractivity contribution >= 4 is 0 Å². The maximum Gasteiger partial charge on any atom is 0.0382 e. The second kappa shape index (κ2) is 3.35. The van der Waals surface area contributed by atoms with E-state index < -0.39 is 0 Å². The summed E-state index contributed by atoms with van der Waals surface area (Å²) >= 11 is 0. The Bertz CT molecular complexity index is 155. The van der Waals surface area contributed by atoms with Crippen LogP contribution in [0.1, 0.15) is 19.3 Å². The van der Waals surface area contributed by atoms with Crippen LogP contribution in [0.5, 0.6) is 0 Å². The topological polar surface area (TPSA) is 0 Å². The van der Waals surface area contributed by atoms with E-state index in [4.69, 9.17) is 0 Å². The lowest BCUT2D eigenvalue weighted by atomic mass is 9.97. The third kappa shape index (κ3) is 1.93. The summed E-state index contributed by atoms with van der Waals surface area (Å²) in [6.45, 7) is 3.48. The summed E-state index contributed by atoms with van der Waals surface area (Å²) in [7, 11) is 0. The molecule has 0 bridgehead atoms. The molecule has 0 nitrogen and oxygen atoms in total. The molecule has 1 radical (unpaired) electrons. The second-order valence-corrected chi connectivity index (χ2v) is 2.29. The normalized spacial score (nSPS) is 24.8. The zero-order chi connectivity index (χ0) is 6.53.